The number of piperazine rings is 1. The van der Waals surface area contributed by atoms with E-state index in [1.165, 1.54) is 11.6 Å². The van der Waals surface area contributed by atoms with Gasteiger partial charge in [0.05, 0.1) is 10.9 Å². The van der Waals surface area contributed by atoms with E-state index in [0.29, 0.717) is 24.6 Å². The minimum atomic E-state index is -0.475. The maximum absolute atomic E-state index is 14.2. The van der Waals surface area contributed by atoms with E-state index in [0.717, 1.165) is 56.8 Å². The SMILES string of the molecule is CC1CCc2ncnc(N3CCN(C(=O)[C@@H](c4ccc(Cl)c(F)c4)[C@H]4CCCN4)CC3)c21. The van der Waals surface area contributed by atoms with Gasteiger partial charge in [-0.3, -0.25) is 4.79 Å². The van der Waals surface area contributed by atoms with Gasteiger partial charge >= 0.3 is 0 Å². The molecule has 32 heavy (non-hydrogen) atoms. The van der Waals surface area contributed by atoms with Gasteiger partial charge in [-0.2, -0.15) is 0 Å². The van der Waals surface area contributed by atoms with Crippen molar-refractivity contribution in [3.63, 3.8) is 0 Å². The molecule has 2 aliphatic heterocycles. The number of aryl methyl sites for hydroxylation is 1. The van der Waals surface area contributed by atoms with Crippen LogP contribution in [0.4, 0.5) is 10.2 Å². The first-order chi connectivity index (χ1) is 15.5. The summed E-state index contributed by atoms with van der Waals surface area (Å²) in [6, 6.07) is 4.78. The second-order valence-electron chi connectivity index (χ2n) is 9.16. The van der Waals surface area contributed by atoms with Gasteiger partial charge in [-0.15, -0.1) is 0 Å². The number of anilines is 1. The van der Waals surface area contributed by atoms with Crippen LogP contribution in [0.15, 0.2) is 24.5 Å². The normalized spacial score (nSPS) is 24.0. The fourth-order valence-electron chi connectivity index (χ4n) is 5.46. The minimum absolute atomic E-state index is 0.0205. The van der Waals surface area contributed by atoms with Gasteiger partial charge in [-0.05, 0) is 55.8 Å². The van der Waals surface area contributed by atoms with Gasteiger partial charge in [-0.25, -0.2) is 14.4 Å². The molecule has 0 radical (unpaired) electrons. The Hall–Kier alpha value is -2.25. The monoisotopic (exact) mass is 457 g/mol. The van der Waals surface area contributed by atoms with Crippen molar-refractivity contribution in [1.29, 1.82) is 0 Å². The van der Waals surface area contributed by atoms with Gasteiger partial charge in [0.25, 0.3) is 0 Å². The number of hydrogen-bond donors (Lipinski definition) is 1. The van der Waals surface area contributed by atoms with Crippen molar-refractivity contribution in [2.45, 2.75) is 50.5 Å². The molecule has 1 N–H and O–H groups in total. The first kappa shape index (κ1) is 21.6. The summed E-state index contributed by atoms with van der Waals surface area (Å²) >= 11 is 5.90. The molecule has 6 nitrogen and oxygen atoms in total. The fraction of sp³-hybridized carbons (Fsp3) is 0.542. The predicted molar refractivity (Wildman–Crippen MR) is 123 cm³/mol. The highest BCUT2D eigenvalue weighted by Crippen LogP contribution is 2.37. The molecule has 5 rings (SSSR count). The van der Waals surface area contributed by atoms with Gasteiger partial charge < -0.3 is 15.1 Å². The lowest BCUT2D eigenvalue weighted by Gasteiger charge is -2.38. The van der Waals surface area contributed by atoms with Crippen LogP contribution in [0.25, 0.3) is 0 Å². The molecule has 1 amide bonds. The summed E-state index contributed by atoms with van der Waals surface area (Å²) in [6.07, 6.45) is 5.73. The van der Waals surface area contributed by atoms with Crippen molar-refractivity contribution >= 4 is 23.3 Å². The number of amides is 1. The van der Waals surface area contributed by atoms with E-state index < -0.39 is 11.7 Å². The van der Waals surface area contributed by atoms with E-state index in [2.05, 4.69) is 27.1 Å². The third kappa shape index (κ3) is 3.97. The third-order valence-electron chi connectivity index (χ3n) is 7.21. The van der Waals surface area contributed by atoms with Crippen LogP contribution in [0, 0.1) is 5.82 Å². The van der Waals surface area contributed by atoms with Crippen LogP contribution >= 0.6 is 11.6 Å². The van der Waals surface area contributed by atoms with Crippen LogP contribution in [0.5, 0.6) is 0 Å². The zero-order chi connectivity index (χ0) is 22.2. The van der Waals surface area contributed by atoms with Crippen molar-refractivity contribution < 1.29 is 9.18 Å². The Morgan fingerprint density at radius 2 is 2.03 bits per heavy atom. The lowest BCUT2D eigenvalue weighted by molar-refractivity contribution is -0.133. The average molecular weight is 458 g/mol. The van der Waals surface area contributed by atoms with Crippen LogP contribution in [-0.4, -0.2) is 59.5 Å². The van der Waals surface area contributed by atoms with E-state index in [9.17, 15) is 9.18 Å². The number of rotatable bonds is 4. The number of halogens is 2. The number of fused-ring (bicyclic) bond motifs is 1. The quantitative estimate of drug-likeness (QED) is 0.761. The second kappa shape index (κ2) is 8.94. The zero-order valence-corrected chi connectivity index (χ0v) is 19.1. The maximum Gasteiger partial charge on any atom is 0.231 e. The molecule has 3 atom stereocenters. The lowest BCUT2D eigenvalue weighted by Crippen LogP contribution is -2.52. The summed E-state index contributed by atoms with van der Waals surface area (Å²) in [5.74, 6) is 0.682. The van der Waals surface area contributed by atoms with Gasteiger partial charge in [-0.1, -0.05) is 24.6 Å². The molecule has 1 unspecified atom stereocenters. The summed E-state index contributed by atoms with van der Waals surface area (Å²) in [7, 11) is 0. The highest BCUT2D eigenvalue weighted by molar-refractivity contribution is 6.30. The smallest absolute Gasteiger partial charge is 0.231 e. The van der Waals surface area contributed by atoms with Crippen molar-refractivity contribution in [2.24, 2.45) is 0 Å². The molecule has 2 aromatic rings. The summed E-state index contributed by atoms with van der Waals surface area (Å²) < 4.78 is 14.2. The van der Waals surface area contributed by atoms with E-state index in [1.54, 1.807) is 18.5 Å². The molecule has 3 heterocycles. The van der Waals surface area contributed by atoms with Crippen LogP contribution in [0.3, 0.4) is 0 Å². The number of aromatic nitrogens is 2. The Labute approximate surface area is 193 Å². The summed E-state index contributed by atoms with van der Waals surface area (Å²) in [5.41, 5.74) is 3.14. The fourth-order valence-corrected chi connectivity index (χ4v) is 5.58. The standard InChI is InChI=1S/C24H29ClFN5O/c1-15-4-7-20-21(15)23(29-14-28-20)30-9-11-31(12-10-30)24(32)22(19-3-2-8-27-19)16-5-6-17(25)18(26)13-16/h5-6,13-15,19,22,27H,2-4,7-12H2,1H3/t15?,19-,22+/m1/s1. The summed E-state index contributed by atoms with van der Waals surface area (Å²) in [5, 5.41) is 3.53. The molecule has 1 aromatic heterocycles. The minimum Gasteiger partial charge on any atom is -0.353 e. The lowest BCUT2D eigenvalue weighted by atomic mass is 9.88. The summed E-state index contributed by atoms with van der Waals surface area (Å²) in [6.45, 7) is 5.86. The number of carbonyl (C=O) groups is 1. The number of nitrogens with one attached hydrogen (secondary N) is 1. The van der Waals surface area contributed by atoms with Gasteiger partial charge in [0.2, 0.25) is 5.91 Å². The number of nitrogens with zero attached hydrogens (tertiary/aromatic N) is 4. The Kier molecular flexibility index (Phi) is 6.03. The number of hydrogen-bond acceptors (Lipinski definition) is 5. The number of carbonyl (C=O) groups excluding carboxylic acids is 1. The van der Waals surface area contributed by atoms with Gasteiger partial charge in [0.15, 0.2) is 0 Å². The first-order valence-electron chi connectivity index (χ1n) is 11.6. The molecule has 1 aromatic carbocycles. The number of benzene rings is 1. The van der Waals surface area contributed by atoms with E-state index in [-0.39, 0.29) is 17.0 Å². The topological polar surface area (TPSA) is 61.4 Å². The van der Waals surface area contributed by atoms with Crippen LogP contribution < -0.4 is 10.2 Å². The molecule has 0 bridgehead atoms. The molecule has 1 aliphatic carbocycles. The van der Waals surface area contributed by atoms with Crippen LogP contribution in [0.1, 0.15) is 54.8 Å². The maximum atomic E-state index is 14.2. The average Bonchev–Trinajstić information content (AvgIpc) is 3.47. The van der Waals surface area contributed by atoms with Crippen LogP contribution in [0.2, 0.25) is 5.02 Å². The van der Waals surface area contributed by atoms with Crippen molar-refractivity contribution in [3.8, 4) is 0 Å². The Morgan fingerprint density at radius 3 is 2.75 bits per heavy atom. The van der Waals surface area contributed by atoms with Crippen molar-refractivity contribution in [3.05, 3.63) is 52.2 Å². The van der Waals surface area contributed by atoms with Gasteiger partial charge in [0.1, 0.15) is 18.0 Å². The molecule has 0 spiro atoms. The molecule has 3 aliphatic rings. The Morgan fingerprint density at radius 1 is 1.22 bits per heavy atom. The molecule has 2 saturated heterocycles. The third-order valence-corrected chi connectivity index (χ3v) is 7.52. The van der Waals surface area contributed by atoms with Crippen molar-refractivity contribution in [2.75, 3.05) is 37.6 Å². The van der Waals surface area contributed by atoms with Crippen molar-refractivity contribution in [1.82, 2.24) is 20.2 Å². The second-order valence-corrected chi connectivity index (χ2v) is 9.57. The van der Waals surface area contributed by atoms with Crippen LogP contribution in [-0.2, 0) is 11.2 Å². The molecular formula is C24H29ClFN5O. The zero-order valence-electron chi connectivity index (χ0n) is 18.4. The Bertz CT molecular complexity index is 1000. The van der Waals surface area contributed by atoms with E-state index >= 15 is 0 Å². The largest absolute Gasteiger partial charge is 0.353 e. The molecule has 2 fully saturated rings. The summed E-state index contributed by atoms with van der Waals surface area (Å²) in [4.78, 5) is 26.9. The predicted octanol–water partition coefficient (Wildman–Crippen LogP) is 3.50. The molecule has 0 saturated carbocycles. The van der Waals surface area contributed by atoms with E-state index in [1.807, 2.05) is 4.90 Å². The molecule has 8 heteroatoms. The van der Waals surface area contributed by atoms with E-state index in [4.69, 9.17) is 11.6 Å². The van der Waals surface area contributed by atoms with Gasteiger partial charge in [0, 0.05) is 43.5 Å². The highest BCUT2D eigenvalue weighted by atomic mass is 35.5. The molecular weight excluding hydrogens is 429 g/mol. The highest BCUT2D eigenvalue weighted by Gasteiger charge is 2.37. The molecule has 170 valence electrons. The first-order valence-corrected chi connectivity index (χ1v) is 12.0. The Balaban J connectivity index is 1.33.